The average molecular weight is 274 g/mol. The van der Waals surface area contributed by atoms with Gasteiger partial charge in [-0.25, -0.2) is 0 Å². The number of imide groups is 1. The van der Waals surface area contributed by atoms with E-state index in [2.05, 4.69) is 5.32 Å². The molecule has 1 saturated heterocycles. The fourth-order valence-corrected chi connectivity index (χ4v) is 2.54. The summed E-state index contributed by atoms with van der Waals surface area (Å²) in [4.78, 5) is 37.5. The Balaban J connectivity index is 1.98. The van der Waals surface area contributed by atoms with Gasteiger partial charge in [-0.05, 0) is 11.6 Å². The van der Waals surface area contributed by atoms with Crippen molar-refractivity contribution >= 4 is 17.7 Å². The molecule has 0 atom stereocenters. The number of fused-ring (bicyclic) bond motifs is 1. The van der Waals surface area contributed by atoms with E-state index in [9.17, 15) is 14.4 Å². The summed E-state index contributed by atoms with van der Waals surface area (Å²) in [6.45, 7) is 2.04. The van der Waals surface area contributed by atoms with Crippen LogP contribution in [0.1, 0.15) is 26.3 Å². The van der Waals surface area contributed by atoms with Crippen LogP contribution in [0.4, 0.5) is 0 Å². The van der Waals surface area contributed by atoms with Crippen molar-refractivity contribution in [3.8, 4) is 0 Å². The fourth-order valence-electron chi connectivity index (χ4n) is 2.54. The van der Waals surface area contributed by atoms with Crippen LogP contribution in [0.25, 0.3) is 0 Å². The number of benzene rings is 1. The largest absolute Gasteiger partial charge is 0.378 e. The van der Waals surface area contributed by atoms with Crippen LogP contribution in [0.2, 0.25) is 0 Å². The first kappa shape index (κ1) is 12.8. The molecule has 3 rings (SSSR count). The van der Waals surface area contributed by atoms with E-state index in [1.165, 1.54) is 0 Å². The van der Waals surface area contributed by atoms with Gasteiger partial charge in [0.25, 0.3) is 11.8 Å². The smallest absolute Gasteiger partial charge is 0.258 e. The number of morpholine rings is 1. The van der Waals surface area contributed by atoms with Crippen molar-refractivity contribution in [3.05, 3.63) is 34.9 Å². The molecule has 1 aromatic rings. The van der Waals surface area contributed by atoms with Gasteiger partial charge in [0.1, 0.15) is 0 Å². The SMILES string of the molecule is O=C1Cc2cccc(C(=O)N3CCOCC3)c2C(=O)N1. The van der Waals surface area contributed by atoms with Crippen LogP contribution in [0.15, 0.2) is 18.2 Å². The van der Waals surface area contributed by atoms with Gasteiger partial charge in [-0.15, -0.1) is 0 Å². The molecule has 6 heteroatoms. The molecule has 104 valence electrons. The molecule has 6 nitrogen and oxygen atoms in total. The Morgan fingerprint density at radius 2 is 1.95 bits per heavy atom. The standard InChI is InChI=1S/C14H14N2O4/c17-11-8-9-2-1-3-10(12(9)13(18)15-11)14(19)16-4-6-20-7-5-16/h1-3H,4-8H2,(H,15,17,18). The minimum absolute atomic E-state index is 0.130. The predicted molar refractivity (Wildman–Crippen MR) is 69.3 cm³/mol. The number of ether oxygens (including phenoxy) is 1. The maximum Gasteiger partial charge on any atom is 0.258 e. The molecule has 2 aliphatic heterocycles. The fraction of sp³-hybridized carbons (Fsp3) is 0.357. The number of amides is 3. The molecule has 1 fully saturated rings. The van der Waals surface area contributed by atoms with Gasteiger partial charge < -0.3 is 9.64 Å². The van der Waals surface area contributed by atoms with E-state index < -0.39 is 5.91 Å². The molecule has 3 amide bonds. The summed E-state index contributed by atoms with van der Waals surface area (Å²) in [7, 11) is 0. The Bertz CT molecular complexity index is 591. The molecule has 0 saturated carbocycles. The van der Waals surface area contributed by atoms with Crippen LogP contribution < -0.4 is 5.32 Å². The van der Waals surface area contributed by atoms with Crippen molar-refractivity contribution in [3.63, 3.8) is 0 Å². The third kappa shape index (κ3) is 2.18. The Morgan fingerprint density at radius 3 is 2.70 bits per heavy atom. The topological polar surface area (TPSA) is 75.7 Å². The lowest BCUT2D eigenvalue weighted by Gasteiger charge is -2.28. The van der Waals surface area contributed by atoms with Crippen LogP contribution in [0.3, 0.4) is 0 Å². The highest BCUT2D eigenvalue weighted by molar-refractivity contribution is 6.15. The van der Waals surface area contributed by atoms with E-state index in [0.717, 1.165) is 0 Å². The molecule has 1 N–H and O–H groups in total. The zero-order chi connectivity index (χ0) is 14.1. The number of rotatable bonds is 1. The number of nitrogens with zero attached hydrogens (tertiary/aromatic N) is 1. The molecule has 2 heterocycles. The summed E-state index contributed by atoms with van der Waals surface area (Å²) in [6.07, 6.45) is 0.130. The van der Waals surface area contributed by atoms with Crippen LogP contribution in [-0.4, -0.2) is 48.9 Å². The molecule has 0 aromatic heterocycles. The molecule has 0 unspecified atom stereocenters. The molecular formula is C14H14N2O4. The molecule has 2 aliphatic rings. The van der Waals surface area contributed by atoms with Gasteiger partial charge in [0.05, 0.1) is 30.8 Å². The van der Waals surface area contributed by atoms with Crippen molar-refractivity contribution in [2.75, 3.05) is 26.3 Å². The summed E-state index contributed by atoms with van der Waals surface area (Å²) in [5.41, 5.74) is 1.29. The van der Waals surface area contributed by atoms with Crippen molar-refractivity contribution in [2.45, 2.75) is 6.42 Å². The quantitative estimate of drug-likeness (QED) is 0.730. The predicted octanol–water partition coefficient (Wildman–Crippen LogP) is -0.0285. The number of hydrogen-bond donors (Lipinski definition) is 1. The second-order valence-corrected chi connectivity index (χ2v) is 4.80. The third-order valence-corrected chi connectivity index (χ3v) is 3.51. The van der Waals surface area contributed by atoms with E-state index in [1.54, 1.807) is 23.1 Å². The lowest BCUT2D eigenvalue weighted by molar-refractivity contribution is -0.119. The van der Waals surface area contributed by atoms with Crippen molar-refractivity contribution in [2.24, 2.45) is 0 Å². The van der Waals surface area contributed by atoms with Gasteiger partial charge in [0.15, 0.2) is 0 Å². The van der Waals surface area contributed by atoms with Crippen LogP contribution in [0.5, 0.6) is 0 Å². The lowest BCUT2D eigenvalue weighted by atomic mass is 9.94. The molecule has 0 bridgehead atoms. The molecule has 20 heavy (non-hydrogen) atoms. The van der Waals surface area contributed by atoms with Crippen LogP contribution in [0, 0.1) is 0 Å². The van der Waals surface area contributed by atoms with Gasteiger partial charge in [0, 0.05) is 13.1 Å². The minimum Gasteiger partial charge on any atom is -0.378 e. The molecule has 1 aromatic carbocycles. The van der Waals surface area contributed by atoms with Gasteiger partial charge >= 0.3 is 0 Å². The Labute approximate surface area is 115 Å². The maximum atomic E-state index is 12.5. The Hall–Kier alpha value is -2.21. The monoisotopic (exact) mass is 274 g/mol. The van der Waals surface area contributed by atoms with E-state index in [4.69, 9.17) is 4.74 Å². The summed E-state index contributed by atoms with van der Waals surface area (Å²) in [5, 5.41) is 2.26. The Morgan fingerprint density at radius 1 is 1.20 bits per heavy atom. The van der Waals surface area contributed by atoms with Gasteiger partial charge in [-0.2, -0.15) is 0 Å². The molecular weight excluding hydrogens is 260 g/mol. The number of carbonyl (C=O) groups is 3. The molecule has 0 spiro atoms. The summed E-state index contributed by atoms with van der Waals surface area (Å²) in [6, 6.07) is 5.05. The van der Waals surface area contributed by atoms with Gasteiger partial charge in [-0.1, -0.05) is 12.1 Å². The second-order valence-electron chi connectivity index (χ2n) is 4.80. The van der Waals surface area contributed by atoms with E-state index in [0.29, 0.717) is 43.0 Å². The zero-order valence-electron chi connectivity index (χ0n) is 10.8. The van der Waals surface area contributed by atoms with Crippen molar-refractivity contribution in [1.82, 2.24) is 10.2 Å². The van der Waals surface area contributed by atoms with E-state index in [1.807, 2.05) is 0 Å². The summed E-state index contributed by atoms with van der Waals surface area (Å²) < 4.78 is 5.22. The molecule has 0 aliphatic carbocycles. The first-order chi connectivity index (χ1) is 9.66. The zero-order valence-corrected chi connectivity index (χ0v) is 10.8. The highest BCUT2D eigenvalue weighted by Crippen LogP contribution is 2.21. The normalized spacial score (nSPS) is 18.5. The van der Waals surface area contributed by atoms with Crippen LogP contribution >= 0.6 is 0 Å². The van der Waals surface area contributed by atoms with E-state index >= 15 is 0 Å². The highest BCUT2D eigenvalue weighted by Gasteiger charge is 2.29. The van der Waals surface area contributed by atoms with Gasteiger partial charge in [-0.3, -0.25) is 19.7 Å². The first-order valence-electron chi connectivity index (χ1n) is 6.50. The van der Waals surface area contributed by atoms with Gasteiger partial charge in [0.2, 0.25) is 5.91 Å². The summed E-state index contributed by atoms with van der Waals surface area (Å²) in [5.74, 6) is -1.01. The van der Waals surface area contributed by atoms with Crippen molar-refractivity contribution < 1.29 is 19.1 Å². The van der Waals surface area contributed by atoms with Crippen molar-refractivity contribution in [1.29, 1.82) is 0 Å². The molecule has 0 radical (unpaired) electrons. The summed E-state index contributed by atoms with van der Waals surface area (Å²) >= 11 is 0. The first-order valence-corrected chi connectivity index (χ1v) is 6.50. The average Bonchev–Trinajstić information content (AvgIpc) is 2.46. The second kappa shape index (κ2) is 5.05. The highest BCUT2D eigenvalue weighted by atomic mass is 16.5. The number of hydrogen-bond acceptors (Lipinski definition) is 4. The minimum atomic E-state index is -0.492. The third-order valence-electron chi connectivity index (χ3n) is 3.51. The van der Waals surface area contributed by atoms with E-state index in [-0.39, 0.29) is 18.2 Å². The van der Waals surface area contributed by atoms with Crippen LogP contribution in [-0.2, 0) is 16.0 Å². The Kier molecular flexibility index (Phi) is 3.23. The maximum absolute atomic E-state index is 12.5. The number of carbonyl (C=O) groups excluding carboxylic acids is 3. The number of nitrogens with one attached hydrogen (secondary N) is 1. The lowest BCUT2D eigenvalue weighted by Crippen LogP contribution is -2.43.